The average Bonchev–Trinajstić information content (AvgIpc) is 2.27. The zero-order valence-electron chi connectivity index (χ0n) is 9.40. The van der Waals surface area contributed by atoms with Gasteiger partial charge in [0, 0.05) is 5.33 Å². The molecule has 0 spiro atoms. The Kier molecular flexibility index (Phi) is 5.49. The highest BCUT2D eigenvalue weighted by Gasteiger charge is 2.17. The lowest BCUT2D eigenvalue weighted by molar-refractivity contribution is 0.547. The van der Waals surface area contributed by atoms with Gasteiger partial charge < -0.3 is 0 Å². The monoisotopic (exact) mass is 304 g/mol. The van der Waals surface area contributed by atoms with E-state index in [4.69, 9.17) is 0 Å². The van der Waals surface area contributed by atoms with Crippen molar-refractivity contribution in [2.24, 2.45) is 5.92 Å². The first-order valence-corrected chi connectivity index (χ1v) is 8.17. The number of rotatable bonds is 6. The minimum atomic E-state index is -3.11. The first-order valence-electron chi connectivity index (χ1n) is 5.40. The first-order chi connectivity index (χ1) is 7.56. The molecule has 1 unspecified atom stereocenters. The van der Waals surface area contributed by atoms with Crippen molar-refractivity contribution in [2.75, 3.05) is 11.1 Å². The number of alkyl halides is 1. The van der Waals surface area contributed by atoms with Gasteiger partial charge in [0.15, 0.2) is 9.84 Å². The molecule has 0 aromatic heterocycles. The zero-order valence-corrected chi connectivity index (χ0v) is 11.8. The van der Waals surface area contributed by atoms with E-state index in [0.717, 1.165) is 18.2 Å². The van der Waals surface area contributed by atoms with Gasteiger partial charge >= 0.3 is 0 Å². The van der Waals surface area contributed by atoms with Crippen LogP contribution in [0, 0.1) is 5.92 Å². The van der Waals surface area contributed by atoms with Gasteiger partial charge in [0.25, 0.3) is 0 Å². The molecule has 1 rings (SSSR count). The van der Waals surface area contributed by atoms with Gasteiger partial charge in [-0.15, -0.1) is 0 Å². The molecule has 0 aliphatic rings. The molecule has 0 N–H and O–H groups in total. The highest BCUT2D eigenvalue weighted by Crippen LogP contribution is 2.16. The quantitative estimate of drug-likeness (QED) is 0.756. The summed E-state index contributed by atoms with van der Waals surface area (Å²) in [5.74, 6) is 0.451. The van der Waals surface area contributed by atoms with E-state index in [9.17, 15) is 8.42 Å². The lowest BCUT2D eigenvalue weighted by atomic mass is 10.1. The van der Waals surface area contributed by atoms with E-state index in [1.54, 1.807) is 24.3 Å². The molecule has 2 nitrogen and oxygen atoms in total. The molecule has 0 heterocycles. The number of benzene rings is 1. The van der Waals surface area contributed by atoms with Crippen molar-refractivity contribution in [1.82, 2.24) is 0 Å². The minimum Gasteiger partial charge on any atom is -0.224 e. The number of sulfone groups is 1. The van der Waals surface area contributed by atoms with Crippen molar-refractivity contribution in [3.8, 4) is 0 Å². The molecule has 0 saturated carbocycles. The maximum atomic E-state index is 12.0. The molecule has 1 aromatic rings. The third-order valence-corrected chi connectivity index (χ3v) is 5.00. The molecule has 1 aromatic carbocycles. The van der Waals surface area contributed by atoms with Gasteiger partial charge in [0.05, 0.1) is 10.6 Å². The second-order valence-electron chi connectivity index (χ2n) is 4.03. The summed E-state index contributed by atoms with van der Waals surface area (Å²) in [7, 11) is -3.11. The maximum Gasteiger partial charge on any atom is 0.178 e. The Hall–Kier alpha value is -0.350. The van der Waals surface area contributed by atoms with Crippen LogP contribution in [0.3, 0.4) is 0 Å². The van der Waals surface area contributed by atoms with Crippen LogP contribution in [0.1, 0.15) is 19.8 Å². The van der Waals surface area contributed by atoms with Crippen LogP contribution in [-0.2, 0) is 9.84 Å². The molecule has 90 valence electrons. The highest BCUT2D eigenvalue weighted by atomic mass is 79.9. The van der Waals surface area contributed by atoms with E-state index in [1.165, 1.54) is 0 Å². The summed E-state index contributed by atoms with van der Waals surface area (Å²) < 4.78 is 24.0. The van der Waals surface area contributed by atoms with Crippen LogP contribution >= 0.6 is 15.9 Å². The maximum absolute atomic E-state index is 12.0. The molecule has 0 fully saturated rings. The highest BCUT2D eigenvalue weighted by molar-refractivity contribution is 9.09. The summed E-state index contributed by atoms with van der Waals surface area (Å²) in [5.41, 5.74) is 0. The van der Waals surface area contributed by atoms with E-state index in [-0.39, 0.29) is 11.7 Å². The van der Waals surface area contributed by atoms with Crippen LogP contribution in [0.25, 0.3) is 0 Å². The Bertz CT molecular complexity index is 400. The van der Waals surface area contributed by atoms with Gasteiger partial charge in [-0.3, -0.25) is 0 Å². The van der Waals surface area contributed by atoms with Gasteiger partial charge in [0.1, 0.15) is 0 Å². The number of hydrogen-bond donors (Lipinski definition) is 0. The average molecular weight is 305 g/mol. The van der Waals surface area contributed by atoms with Crippen molar-refractivity contribution in [1.29, 1.82) is 0 Å². The van der Waals surface area contributed by atoms with Crippen LogP contribution < -0.4 is 0 Å². The fourth-order valence-electron chi connectivity index (χ4n) is 1.61. The van der Waals surface area contributed by atoms with Crippen molar-refractivity contribution in [3.05, 3.63) is 30.3 Å². The molecule has 0 amide bonds. The smallest absolute Gasteiger partial charge is 0.178 e. The number of hydrogen-bond acceptors (Lipinski definition) is 2. The molecule has 0 aliphatic heterocycles. The van der Waals surface area contributed by atoms with Gasteiger partial charge in [-0.2, -0.15) is 0 Å². The molecule has 0 bridgehead atoms. The summed E-state index contributed by atoms with van der Waals surface area (Å²) in [6.45, 7) is 1.99. The normalized spacial score (nSPS) is 13.6. The van der Waals surface area contributed by atoms with Crippen molar-refractivity contribution in [2.45, 2.75) is 24.7 Å². The summed E-state index contributed by atoms with van der Waals surface area (Å²) >= 11 is 3.35. The van der Waals surface area contributed by atoms with Crippen molar-refractivity contribution in [3.63, 3.8) is 0 Å². The van der Waals surface area contributed by atoms with E-state index >= 15 is 0 Å². The molecule has 0 saturated heterocycles. The zero-order chi connectivity index (χ0) is 12.0. The standard InChI is InChI=1S/C12H17BrO2S/c1-11(6-5-9-13)10-16(14,15)12-7-3-2-4-8-12/h2-4,7-8,11H,5-6,9-10H2,1H3. The second-order valence-corrected chi connectivity index (χ2v) is 6.86. The Morgan fingerprint density at radius 2 is 1.88 bits per heavy atom. The lowest BCUT2D eigenvalue weighted by Crippen LogP contribution is -2.14. The fraction of sp³-hybridized carbons (Fsp3) is 0.500. The Balaban J connectivity index is 2.66. The molecule has 0 radical (unpaired) electrons. The van der Waals surface area contributed by atoms with E-state index in [2.05, 4.69) is 15.9 Å². The summed E-state index contributed by atoms with van der Waals surface area (Å²) in [6, 6.07) is 8.67. The third kappa shape index (κ3) is 4.26. The van der Waals surface area contributed by atoms with Gasteiger partial charge in [0.2, 0.25) is 0 Å². The topological polar surface area (TPSA) is 34.1 Å². The van der Waals surface area contributed by atoms with Crippen LogP contribution in [0.15, 0.2) is 35.2 Å². The Morgan fingerprint density at radius 3 is 2.44 bits per heavy atom. The second kappa shape index (κ2) is 6.40. The van der Waals surface area contributed by atoms with Crippen molar-refractivity contribution >= 4 is 25.8 Å². The fourth-order valence-corrected chi connectivity index (χ4v) is 3.61. The molecular formula is C12H17BrO2S. The summed E-state index contributed by atoms with van der Waals surface area (Å²) in [5, 5.41) is 0.933. The molecule has 1 atom stereocenters. The van der Waals surface area contributed by atoms with Crippen molar-refractivity contribution < 1.29 is 8.42 Å². The van der Waals surface area contributed by atoms with Gasteiger partial charge in [-0.05, 0) is 30.9 Å². The Labute approximate surface area is 106 Å². The lowest BCUT2D eigenvalue weighted by Gasteiger charge is -2.11. The van der Waals surface area contributed by atoms with Crippen LogP contribution in [0.5, 0.6) is 0 Å². The van der Waals surface area contributed by atoms with E-state index in [1.807, 2.05) is 13.0 Å². The SMILES string of the molecule is CC(CCCBr)CS(=O)(=O)c1ccccc1. The summed E-state index contributed by atoms with van der Waals surface area (Å²) in [4.78, 5) is 0.431. The Morgan fingerprint density at radius 1 is 1.25 bits per heavy atom. The molecular weight excluding hydrogens is 288 g/mol. The van der Waals surface area contributed by atoms with Crippen LogP contribution in [-0.4, -0.2) is 19.5 Å². The first kappa shape index (κ1) is 13.7. The summed E-state index contributed by atoms with van der Waals surface area (Å²) in [6.07, 6.45) is 1.96. The molecule has 0 aliphatic carbocycles. The predicted molar refractivity (Wildman–Crippen MR) is 70.7 cm³/mol. The van der Waals surface area contributed by atoms with E-state index in [0.29, 0.717) is 4.90 Å². The van der Waals surface area contributed by atoms with Crippen LogP contribution in [0.2, 0.25) is 0 Å². The van der Waals surface area contributed by atoms with Gasteiger partial charge in [-0.1, -0.05) is 41.1 Å². The third-order valence-electron chi connectivity index (χ3n) is 2.44. The molecule has 4 heteroatoms. The van der Waals surface area contributed by atoms with Gasteiger partial charge in [-0.25, -0.2) is 8.42 Å². The predicted octanol–water partition coefficient (Wildman–Crippen LogP) is 3.27. The molecule has 16 heavy (non-hydrogen) atoms. The largest absolute Gasteiger partial charge is 0.224 e. The van der Waals surface area contributed by atoms with E-state index < -0.39 is 9.84 Å². The minimum absolute atomic E-state index is 0.211. The number of halogens is 1. The van der Waals surface area contributed by atoms with Crippen LogP contribution in [0.4, 0.5) is 0 Å².